The zero-order valence-electron chi connectivity index (χ0n) is 14.1. The molecule has 0 aliphatic rings. The van der Waals surface area contributed by atoms with Crippen LogP contribution in [0.2, 0.25) is 0 Å². The molecule has 0 saturated carbocycles. The average molecular weight is 248 g/mol. The SMILES string of the molecule is [2H]C([2H])([2H])N(C)C(=O)c1cnc2ccc(C(C)(C)C)cn12. The van der Waals surface area contributed by atoms with Crippen LogP contribution >= 0.6 is 0 Å². The molecule has 0 fully saturated rings. The summed E-state index contributed by atoms with van der Waals surface area (Å²) in [6, 6.07) is 3.79. The Morgan fingerprint density at radius 2 is 2.17 bits per heavy atom. The number of carbonyl (C=O) groups is 1. The van der Waals surface area contributed by atoms with Gasteiger partial charge in [0.2, 0.25) is 0 Å². The molecular weight excluding hydrogens is 226 g/mol. The fraction of sp³-hybridized carbons (Fsp3) is 0.429. The number of nitrogens with zero attached hydrogens (tertiary/aromatic N) is 3. The lowest BCUT2D eigenvalue weighted by Crippen LogP contribution is -2.23. The third-order valence-corrected chi connectivity index (χ3v) is 2.90. The van der Waals surface area contributed by atoms with Crippen molar-refractivity contribution in [3.63, 3.8) is 0 Å². The molecule has 0 N–H and O–H groups in total. The summed E-state index contributed by atoms with van der Waals surface area (Å²) in [5, 5.41) is 0. The monoisotopic (exact) mass is 248 g/mol. The van der Waals surface area contributed by atoms with Gasteiger partial charge in [-0.15, -0.1) is 0 Å². The molecule has 2 rings (SSSR count). The minimum absolute atomic E-state index is 0.0747. The molecule has 0 radical (unpaired) electrons. The van der Waals surface area contributed by atoms with E-state index in [4.69, 9.17) is 4.11 Å². The summed E-state index contributed by atoms with van der Waals surface area (Å²) < 4.78 is 23.6. The number of amides is 1. The molecule has 2 aromatic heterocycles. The van der Waals surface area contributed by atoms with Crippen molar-refractivity contribution in [3.05, 3.63) is 35.8 Å². The molecule has 0 bridgehead atoms. The van der Waals surface area contributed by atoms with Crippen LogP contribution < -0.4 is 0 Å². The number of hydrogen-bond acceptors (Lipinski definition) is 2. The molecule has 96 valence electrons. The van der Waals surface area contributed by atoms with E-state index in [1.54, 1.807) is 4.40 Å². The fourth-order valence-electron chi connectivity index (χ4n) is 1.75. The van der Waals surface area contributed by atoms with E-state index in [0.717, 1.165) is 10.5 Å². The maximum atomic E-state index is 12.3. The maximum absolute atomic E-state index is 12.3. The van der Waals surface area contributed by atoms with E-state index in [0.29, 0.717) is 5.65 Å². The van der Waals surface area contributed by atoms with Crippen LogP contribution in [-0.2, 0) is 5.41 Å². The predicted octanol–water partition coefficient (Wildman–Crippen LogP) is 2.33. The molecule has 0 aromatic carbocycles. The summed E-state index contributed by atoms with van der Waals surface area (Å²) >= 11 is 0. The average Bonchev–Trinajstić information content (AvgIpc) is 2.77. The van der Waals surface area contributed by atoms with E-state index in [1.807, 2.05) is 18.3 Å². The number of rotatable bonds is 1. The van der Waals surface area contributed by atoms with Gasteiger partial charge in [0.1, 0.15) is 11.3 Å². The number of hydrogen-bond donors (Lipinski definition) is 0. The van der Waals surface area contributed by atoms with Crippen molar-refractivity contribution in [2.75, 3.05) is 14.0 Å². The highest BCUT2D eigenvalue weighted by atomic mass is 16.2. The van der Waals surface area contributed by atoms with Crippen LogP contribution in [0.1, 0.15) is 40.9 Å². The number of aromatic nitrogens is 2. The molecule has 0 saturated heterocycles. The number of imidazole rings is 1. The molecule has 4 heteroatoms. The van der Waals surface area contributed by atoms with Gasteiger partial charge in [-0.25, -0.2) is 4.98 Å². The van der Waals surface area contributed by atoms with Crippen molar-refractivity contribution in [2.24, 2.45) is 0 Å². The van der Waals surface area contributed by atoms with Gasteiger partial charge in [0.05, 0.1) is 6.20 Å². The third kappa shape index (κ3) is 2.10. The minimum Gasteiger partial charge on any atom is -0.343 e. The third-order valence-electron chi connectivity index (χ3n) is 2.90. The number of pyridine rings is 1. The van der Waals surface area contributed by atoms with E-state index in [2.05, 4.69) is 25.8 Å². The first kappa shape index (κ1) is 9.14. The van der Waals surface area contributed by atoms with Crippen molar-refractivity contribution in [1.29, 1.82) is 0 Å². The van der Waals surface area contributed by atoms with Crippen molar-refractivity contribution in [2.45, 2.75) is 26.2 Å². The molecule has 0 spiro atoms. The van der Waals surface area contributed by atoms with Crippen LogP contribution in [0, 0.1) is 0 Å². The van der Waals surface area contributed by atoms with Crippen LogP contribution in [0.15, 0.2) is 24.5 Å². The Hall–Kier alpha value is -1.84. The second-order valence-electron chi connectivity index (χ2n) is 5.40. The summed E-state index contributed by atoms with van der Waals surface area (Å²) in [5.41, 5.74) is 1.83. The van der Waals surface area contributed by atoms with Gasteiger partial charge >= 0.3 is 0 Å². The first-order valence-corrected chi connectivity index (χ1v) is 5.77. The van der Waals surface area contributed by atoms with Gasteiger partial charge in [-0.3, -0.25) is 9.20 Å². The highest BCUT2D eigenvalue weighted by molar-refractivity contribution is 5.92. The summed E-state index contributed by atoms with van der Waals surface area (Å²) in [5.74, 6) is -0.575. The van der Waals surface area contributed by atoms with Crippen molar-refractivity contribution in [3.8, 4) is 0 Å². The first-order chi connectivity index (χ1) is 9.51. The molecule has 4 nitrogen and oxygen atoms in total. The number of carbonyl (C=O) groups excluding carboxylic acids is 1. The van der Waals surface area contributed by atoms with Crippen LogP contribution in [-0.4, -0.2) is 34.2 Å². The highest BCUT2D eigenvalue weighted by Crippen LogP contribution is 2.23. The molecule has 2 heterocycles. The lowest BCUT2D eigenvalue weighted by atomic mass is 9.88. The Kier molecular flexibility index (Phi) is 2.09. The predicted molar refractivity (Wildman–Crippen MR) is 71.9 cm³/mol. The van der Waals surface area contributed by atoms with E-state index in [1.165, 1.54) is 13.2 Å². The summed E-state index contributed by atoms with van der Waals surface area (Å²) in [4.78, 5) is 17.2. The maximum Gasteiger partial charge on any atom is 0.271 e. The Labute approximate surface area is 111 Å². The van der Waals surface area contributed by atoms with E-state index >= 15 is 0 Å². The van der Waals surface area contributed by atoms with Crippen molar-refractivity contribution in [1.82, 2.24) is 14.3 Å². The standard InChI is InChI=1S/C14H19N3O/c1-14(2,3)10-6-7-12-15-8-11(17(12)9-10)13(18)16(4)5/h6-9H,1-5H3/i4D3. The van der Waals surface area contributed by atoms with Gasteiger partial charge in [-0.1, -0.05) is 26.8 Å². The zero-order valence-corrected chi connectivity index (χ0v) is 11.1. The smallest absolute Gasteiger partial charge is 0.271 e. The molecule has 1 amide bonds. The second kappa shape index (κ2) is 4.12. The van der Waals surface area contributed by atoms with Gasteiger partial charge in [0.15, 0.2) is 0 Å². The largest absolute Gasteiger partial charge is 0.343 e. The van der Waals surface area contributed by atoms with Crippen molar-refractivity contribution >= 4 is 11.6 Å². The van der Waals surface area contributed by atoms with E-state index in [9.17, 15) is 4.79 Å². The van der Waals surface area contributed by atoms with Crippen LogP contribution in [0.5, 0.6) is 0 Å². The first-order valence-electron chi connectivity index (χ1n) is 7.27. The quantitative estimate of drug-likeness (QED) is 0.777. The van der Waals surface area contributed by atoms with Gasteiger partial charge in [0, 0.05) is 24.3 Å². The Bertz CT molecular complexity index is 683. The fourth-order valence-corrected chi connectivity index (χ4v) is 1.75. The van der Waals surface area contributed by atoms with Crippen LogP contribution in [0.3, 0.4) is 0 Å². The van der Waals surface area contributed by atoms with E-state index < -0.39 is 12.9 Å². The van der Waals surface area contributed by atoms with Gasteiger partial charge in [-0.05, 0) is 17.0 Å². The Morgan fingerprint density at radius 3 is 2.78 bits per heavy atom. The molecule has 0 unspecified atom stereocenters. The molecule has 0 aliphatic heterocycles. The summed E-state index contributed by atoms with van der Waals surface area (Å²) in [6.07, 6.45) is 3.25. The molecule has 18 heavy (non-hydrogen) atoms. The topological polar surface area (TPSA) is 37.6 Å². The van der Waals surface area contributed by atoms with E-state index in [-0.39, 0.29) is 11.1 Å². The summed E-state index contributed by atoms with van der Waals surface area (Å²) in [6.45, 7) is 3.74. The minimum atomic E-state index is -2.47. The van der Waals surface area contributed by atoms with Crippen LogP contribution in [0.4, 0.5) is 0 Å². The number of fused-ring (bicyclic) bond motifs is 1. The second-order valence-corrected chi connectivity index (χ2v) is 5.40. The zero-order chi connectivity index (χ0) is 16.0. The molecule has 2 aromatic rings. The molecular formula is C14H19N3O. The van der Waals surface area contributed by atoms with Gasteiger partial charge in [-0.2, -0.15) is 0 Å². The lowest BCUT2D eigenvalue weighted by Gasteiger charge is -2.19. The van der Waals surface area contributed by atoms with Gasteiger partial charge in [0.25, 0.3) is 5.91 Å². The summed E-state index contributed by atoms with van der Waals surface area (Å²) in [7, 11) is 1.27. The molecule has 0 atom stereocenters. The lowest BCUT2D eigenvalue weighted by molar-refractivity contribution is 0.0821. The van der Waals surface area contributed by atoms with Gasteiger partial charge < -0.3 is 4.90 Å². The molecule has 0 aliphatic carbocycles. The van der Waals surface area contributed by atoms with Crippen LogP contribution in [0.25, 0.3) is 5.65 Å². The Morgan fingerprint density at radius 1 is 1.44 bits per heavy atom. The Balaban J connectivity index is 2.53. The normalized spacial score (nSPS) is 15.0. The van der Waals surface area contributed by atoms with Crippen molar-refractivity contribution < 1.29 is 8.91 Å². The highest BCUT2D eigenvalue weighted by Gasteiger charge is 2.18.